The molecular weight excluding hydrogens is 272 g/mol. The largest absolute Gasteiger partial charge is 0.450 e. The Hall–Kier alpha value is -2.12. The number of anilines is 2. The van der Waals surface area contributed by atoms with Crippen LogP contribution in [-0.4, -0.2) is 65.0 Å². The lowest BCUT2D eigenvalue weighted by Crippen LogP contribution is -2.49. The average molecular weight is 294 g/mol. The molecule has 1 aromatic rings. The maximum Gasteiger partial charge on any atom is 0.409 e. The van der Waals surface area contributed by atoms with E-state index in [0.29, 0.717) is 38.7 Å². The Morgan fingerprint density at radius 1 is 1.38 bits per heavy atom. The number of rotatable bonds is 4. The molecule has 1 N–H and O–H groups in total. The second-order valence-corrected chi connectivity index (χ2v) is 5.11. The molecule has 1 amide bonds. The predicted octanol–water partition coefficient (Wildman–Crippen LogP) is 0.970. The third kappa shape index (κ3) is 4.17. The van der Waals surface area contributed by atoms with Crippen LogP contribution < -0.4 is 10.2 Å². The van der Waals surface area contributed by atoms with Gasteiger partial charge in [-0.05, 0) is 20.8 Å². The van der Waals surface area contributed by atoms with Gasteiger partial charge in [-0.1, -0.05) is 0 Å². The maximum absolute atomic E-state index is 11.7. The molecule has 0 atom stereocenters. The van der Waals surface area contributed by atoms with E-state index in [1.165, 1.54) is 0 Å². The Labute approximate surface area is 124 Å². The first-order chi connectivity index (χ1) is 10.1. The number of piperazine rings is 1. The van der Waals surface area contributed by atoms with Crippen molar-refractivity contribution in [3.8, 4) is 0 Å². The third-order valence-electron chi connectivity index (χ3n) is 3.09. The van der Waals surface area contributed by atoms with E-state index < -0.39 is 0 Å². The number of amides is 1. The first-order valence-electron chi connectivity index (χ1n) is 7.23. The number of ether oxygens (including phenoxy) is 1. The quantitative estimate of drug-likeness (QED) is 0.885. The zero-order valence-electron chi connectivity index (χ0n) is 12.7. The third-order valence-corrected chi connectivity index (χ3v) is 3.09. The SMILES string of the molecule is CCOC(=O)N1CCN(c2cnnc(NC(C)C)n2)CC1. The molecule has 0 unspecified atom stereocenters. The van der Waals surface area contributed by atoms with E-state index in [1.807, 2.05) is 20.8 Å². The van der Waals surface area contributed by atoms with Gasteiger partial charge in [-0.2, -0.15) is 10.1 Å². The Bertz CT molecular complexity index is 473. The summed E-state index contributed by atoms with van der Waals surface area (Å²) in [6, 6.07) is 0.253. The van der Waals surface area contributed by atoms with Gasteiger partial charge in [0.15, 0.2) is 5.82 Å². The number of hydrogen-bond donors (Lipinski definition) is 1. The van der Waals surface area contributed by atoms with Gasteiger partial charge in [0.1, 0.15) is 0 Å². The van der Waals surface area contributed by atoms with Crippen molar-refractivity contribution in [3.05, 3.63) is 6.20 Å². The standard InChI is InChI=1S/C13H22N6O2/c1-4-21-13(20)19-7-5-18(6-8-19)11-9-14-17-12(16-11)15-10(2)3/h9-10H,4-8H2,1-3H3,(H,15,16,17). The van der Waals surface area contributed by atoms with Crippen molar-refractivity contribution < 1.29 is 9.53 Å². The van der Waals surface area contributed by atoms with Gasteiger partial charge in [0.05, 0.1) is 12.8 Å². The number of carbonyl (C=O) groups is 1. The van der Waals surface area contributed by atoms with Crippen molar-refractivity contribution in [3.63, 3.8) is 0 Å². The van der Waals surface area contributed by atoms with E-state index in [4.69, 9.17) is 4.74 Å². The van der Waals surface area contributed by atoms with Gasteiger partial charge in [0.2, 0.25) is 5.95 Å². The lowest BCUT2D eigenvalue weighted by Gasteiger charge is -2.34. The van der Waals surface area contributed by atoms with Crippen LogP contribution in [0.5, 0.6) is 0 Å². The zero-order valence-corrected chi connectivity index (χ0v) is 12.7. The van der Waals surface area contributed by atoms with Crippen molar-refractivity contribution in [2.45, 2.75) is 26.8 Å². The molecule has 1 aliphatic heterocycles. The van der Waals surface area contributed by atoms with Gasteiger partial charge in [-0.25, -0.2) is 4.79 Å². The summed E-state index contributed by atoms with van der Waals surface area (Å²) in [4.78, 5) is 19.9. The van der Waals surface area contributed by atoms with E-state index in [9.17, 15) is 4.79 Å². The molecule has 2 rings (SSSR count). The molecule has 0 bridgehead atoms. The Balaban J connectivity index is 1.94. The molecule has 0 radical (unpaired) electrons. The minimum absolute atomic E-state index is 0.250. The van der Waals surface area contributed by atoms with Gasteiger partial charge < -0.3 is 19.9 Å². The molecule has 1 fully saturated rings. The molecule has 0 aromatic carbocycles. The molecule has 0 spiro atoms. The number of nitrogens with zero attached hydrogens (tertiary/aromatic N) is 5. The summed E-state index contributed by atoms with van der Waals surface area (Å²) < 4.78 is 5.01. The van der Waals surface area contributed by atoms with Crippen molar-refractivity contribution in [1.82, 2.24) is 20.1 Å². The summed E-state index contributed by atoms with van der Waals surface area (Å²) in [7, 11) is 0. The summed E-state index contributed by atoms with van der Waals surface area (Å²) >= 11 is 0. The first kappa shape index (κ1) is 15.3. The van der Waals surface area contributed by atoms with Crippen molar-refractivity contribution in [1.29, 1.82) is 0 Å². The van der Waals surface area contributed by atoms with Crippen LogP contribution >= 0.6 is 0 Å². The van der Waals surface area contributed by atoms with E-state index in [0.717, 1.165) is 5.82 Å². The molecule has 2 heterocycles. The number of hydrogen-bond acceptors (Lipinski definition) is 7. The predicted molar refractivity (Wildman–Crippen MR) is 79.4 cm³/mol. The topological polar surface area (TPSA) is 83.5 Å². The van der Waals surface area contributed by atoms with Gasteiger partial charge in [0, 0.05) is 32.2 Å². The fourth-order valence-corrected chi connectivity index (χ4v) is 2.10. The van der Waals surface area contributed by atoms with Gasteiger partial charge in [0.25, 0.3) is 0 Å². The fourth-order valence-electron chi connectivity index (χ4n) is 2.10. The van der Waals surface area contributed by atoms with Gasteiger partial charge in [-0.15, -0.1) is 5.10 Å². The van der Waals surface area contributed by atoms with Crippen LogP contribution in [0.2, 0.25) is 0 Å². The second-order valence-electron chi connectivity index (χ2n) is 5.11. The Morgan fingerprint density at radius 3 is 2.71 bits per heavy atom. The van der Waals surface area contributed by atoms with Crippen LogP contribution in [0.3, 0.4) is 0 Å². The highest BCUT2D eigenvalue weighted by atomic mass is 16.6. The summed E-state index contributed by atoms with van der Waals surface area (Å²) in [6.45, 7) is 8.91. The number of carbonyl (C=O) groups excluding carboxylic acids is 1. The Kier molecular flexibility index (Phi) is 5.13. The average Bonchev–Trinajstić information content (AvgIpc) is 2.47. The van der Waals surface area contributed by atoms with Gasteiger partial charge in [-0.3, -0.25) is 0 Å². The van der Waals surface area contributed by atoms with E-state index in [-0.39, 0.29) is 12.1 Å². The van der Waals surface area contributed by atoms with Crippen LogP contribution in [0.4, 0.5) is 16.6 Å². The summed E-state index contributed by atoms with van der Waals surface area (Å²) in [5.74, 6) is 1.30. The first-order valence-corrected chi connectivity index (χ1v) is 7.23. The molecule has 0 saturated carbocycles. The Morgan fingerprint density at radius 2 is 2.10 bits per heavy atom. The van der Waals surface area contributed by atoms with E-state index >= 15 is 0 Å². The van der Waals surface area contributed by atoms with Crippen LogP contribution in [0.15, 0.2) is 6.20 Å². The number of aromatic nitrogens is 3. The highest BCUT2D eigenvalue weighted by molar-refractivity contribution is 5.68. The lowest BCUT2D eigenvalue weighted by atomic mass is 10.3. The maximum atomic E-state index is 11.7. The monoisotopic (exact) mass is 294 g/mol. The second kappa shape index (κ2) is 7.05. The molecule has 1 saturated heterocycles. The van der Waals surface area contributed by atoms with Crippen LogP contribution in [-0.2, 0) is 4.74 Å². The minimum atomic E-state index is -0.250. The molecule has 1 aliphatic rings. The van der Waals surface area contributed by atoms with E-state index in [1.54, 1.807) is 11.1 Å². The number of nitrogens with one attached hydrogen (secondary N) is 1. The smallest absolute Gasteiger partial charge is 0.409 e. The highest BCUT2D eigenvalue weighted by Crippen LogP contribution is 2.14. The molecule has 21 heavy (non-hydrogen) atoms. The van der Waals surface area contributed by atoms with Crippen LogP contribution in [0.1, 0.15) is 20.8 Å². The van der Waals surface area contributed by atoms with Crippen molar-refractivity contribution >= 4 is 17.9 Å². The van der Waals surface area contributed by atoms with Crippen LogP contribution in [0.25, 0.3) is 0 Å². The fraction of sp³-hybridized carbons (Fsp3) is 0.692. The molecular formula is C13H22N6O2. The van der Waals surface area contributed by atoms with Crippen LogP contribution in [0, 0.1) is 0 Å². The zero-order chi connectivity index (χ0) is 15.2. The molecule has 0 aliphatic carbocycles. The normalized spacial score (nSPS) is 15.2. The van der Waals surface area contributed by atoms with Gasteiger partial charge >= 0.3 is 6.09 Å². The summed E-state index contributed by atoms with van der Waals surface area (Å²) in [5.41, 5.74) is 0. The molecule has 1 aromatic heterocycles. The van der Waals surface area contributed by atoms with Crippen molar-refractivity contribution in [2.24, 2.45) is 0 Å². The molecule has 8 nitrogen and oxygen atoms in total. The van der Waals surface area contributed by atoms with Crippen molar-refractivity contribution in [2.75, 3.05) is 43.0 Å². The molecule has 116 valence electrons. The highest BCUT2D eigenvalue weighted by Gasteiger charge is 2.23. The minimum Gasteiger partial charge on any atom is -0.450 e. The summed E-state index contributed by atoms with van der Waals surface area (Å²) in [6.07, 6.45) is 1.39. The lowest BCUT2D eigenvalue weighted by molar-refractivity contribution is 0.105. The molecule has 8 heteroatoms. The van der Waals surface area contributed by atoms with E-state index in [2.05, 4.69) is 25.4 Å². The summed E-state index contributed by atoms with van der Waals surface area (Å²) in [5, 5.41) is 11.1.